The molecule has 1 atom stereocenters. The SMILES string of the molecule is CC1(C)COCCN1C(CN)c1ccc(Br)o1. The summed E-state index contributed by atoms with van der Waals surface area (Å²) in [6.07, 6.45) is 0. The van der Waals surface area contributed by atoms with Crippen LogP contribution in [0, 0.1) is 0 Å². The van der Waals surface area contributed by atoms with Gasteiger partial charge in [0.1, 0.15) is 5.76 Å². The Morgan fingerprint density at radius 2 is 2.29 bits per heavy atom. The molecule has 0 spiro atoms. The maximum absolute atomic E-state index is 5.91. The lowest BCUT2D eigenvalue weighted by Gasteiger charge is -2.45. The van der Waals surface area contributed by atoms with Crippen LogP contribution in [0.1, 0.15) is 25.6 Å². The van der Waals surface area contributed by atoms with Crippen LogP contribution >= 0.6 is 15.9 Å². The first kappa shape index (κ1) is 13.1. The fourth-order valence-electron chi connectivity index (χ4n) is 2.35. The zero-order valence-electron chi connectivity index (χ0n) is 10.3. The predicted octanol–water partition coefficient (Wildman–Crippen LogP) is 2.15. The largest absolute Gasteiger partial charge is 0.453 e. The Labute approximate surface area is 110 Å². The van der Waals surface area contributed by atoms with Crippen LogP contribution in [0.2, 0.25) is 0 Å². The van der Waals surface area contributed by atoms with E-state index in [9.17, 15) is 0 Å². The number of furan rings is 1. The van der Waals surface area contributed by atoms with Crippen LogP contribution in [-0.2, 0) is 4.74 Å². The van der Waals surface area contributed by atoms with E-state index < -0.39 is 0 Å². The molecule has 5 heteroatoms. The van der Waals surface area contributed by atoms with Gasteiger partial charge in [-0.25, -0.2) is 0 Å². The van der Waals surface area contributed by atoms with Gasteiger partial charge in [-0.2, -0.15) is 0 Å². The van der Waals surface area contributed by atoms with Gasteiger partial charge < -0.3 is 14.9 Å². The molecule has 1 aromatic heterocycles. The fourth-order valence-corrected chi connectivity index (χ4v) is 2.67. The molecular weight excluding hydrogens is 284 g/mol. The molecule has 0 radical (unpaired) electrons. The van der Waals surface area contributed by atoms with Crippen LogP contribution in [0.4, 0.5) is 0 Å². The van der Waals surface area contributed by atoms with Gasteiger partial charge in [-0.05, 0) is 41.9 Å². The molecule has 0 aliphatic carbocycles. The number of nitrogens with zero attached hydrogens (tertiary/aromatic N) is 1. The first-order valence-electron chi connectivity index (χ1n) is 5.84. The summed E-state index contributed by atoms with van der Waals surface area (Å²) in [4.78, 5) is 2.36. The van der Waals surface area contributed by atoms with Gasteiger partial charge in [0.2, 0.25) is 0 Å². The second kappa shape index (κ2) is 5.10. The Morgan fingerprint density at radius 3 is 2.82 bits per heavy atom. The Bertz CT molecular complexity index is 378. The van der Waals surface area contributed by atoms with Crippen molar-refractivity contribution in [1.82, 2.24) is 4.90 Å². The van der Waals surface area contributed by atoms with Crippen molar-refractivity contribution >= 4 is 15.9 Å². The first-order valence-corrected chi connectivity index (χ1v) is 6.64. The maximum atomic E-state index is 5.91. The Hall–Kier alpha value is -0.360. The van der Waals surface area contributed by atoms with Crippen molar-refractivity contribution in [3.63, 3.8) is 0 Å². The van der Waals surface area contributed by atoms with E-state index in [4.69, 9.17) is 14.9 Å². The molecule has 2 rings (SSSR count). The molecule has 0 bridgehead atoms. The summed E-state index contributed by atoms with van der Waals surface area (Å²) in [5, 5.41) is 0. The molecule has 2 heterocycles. The number of rotatable bonds is 3. The van der Waals surface area contributed by atoms with E-state index in [2.05, 4.69) is 34.7 Å². The van der Waals surface area contributed by atoms with Gasteiger partial charge in [0, 0.05) is 18.6 Å². The van der Waals surface area contributed by atoms with E-state index in [0.717, 1.165) is 30.2 Å². The minimum absolute atomic E-state index is 0.0123. The molecule has 1 aliphatic rings. The second-order valence-corrected chi connectivity index (χ2v) is 5.73. The lowest BCUT2D eigenvalue weighted by Crippen LogP contribution is -2.55. The second-order valence-electron chi connectivity index (χ2n) is 4.95. The zero-order chi connectivity index (χ0) is 12.5. The highest BCUT2D eigenvalue weighted by Gasteiger charge is 2.36. The average molecular weight is 303 g/mol. The summed E-state index contributed by atoms with van der Waals surface area (Å²) in [5.74, 6) is 0.911. The summed E-state index contributed by atoms with van der Waals surface area (Å²) >= 11 is 3.33. The molecule has 1 saturated heterocycles. The van der Waals surface area contributed by atoms with Crippen molar-refractivity contribution in [3.05, 3.63) is 22.6 Å². The summed E-state index contributed by atoms with van der Waals surface area (Å²) in [6, 6.07) is 4.00. The Morgan fingerprint density at radius 1 is 1.53 bits per heavy atom. The molecule has 0 saturated carbocycles. The van der Waals surface area contributed by atoms with Gasteiger partial charge in [-0.3, -0.25) is 4.90 Å². The van der Waals surface area contributed by atoms with Crippen LogP contribution in [0.15, 0.2) is 21.2 Å². The Kier molecular flexibility index (Phi) is 3.92. The summed E-state index contributed by atoms with van der Waals surface area (Å²) < 4.78 is 11.9. The molecule has 2 N–H and O–H groups in total. The van der Waals surface area contributed by atoms with Crippen molar-refractivity contribution in [1.29, 1.82) is 0 Å². The number of hydrogen-bond donors (Lipinski definition) is 1. The molecule has 4 nitrogen and oxygen atoms in total. The Balaban J connectivity index is 2.22. The highest BCUT2D eigenvalue weighted by molar-refractivity contribution is 9.10. The lowest BCUT2D eigenvalue weighted by atomic mass is 9.98. The first-order chi connectivity index (χ1) is 8.04. The van der Waals surface area contributed by atoms with Gasteiger partial charge in [-0.1, -0.05) is 0 Å². The molecule has 0 aromatic carbocycles. The van der Waals surface area contributed by atoms with Crippen molar-refractivity contribution in [2.24, 2.45) is 5.73 Å². The van der Waals surface area contributed by atoms with Gasteiger partial charge in [-0.15, -0.1) is 0 Å². The maximum Gasteiger partial charge on any atom is 0.169 e. The van der Waals surface area contributed by atoms with Crippen molar-refractivity contribution < 1.29 is 9.15 Å². The van der Waals surface area contributed by atoms with E-state index in [1.165, 1.54) is 0 Å². The molecule has 1 fully saturated rings. The van der Waals surface area contributed by atoms with Crippen LogP contribution < -0.4 is 5.73 Å². The quantitative estimate of drug-likeness (QED) is 0.929. The fraction of sp³-hybridized carbons (Fsp3) is 0.667. The van der Waals surface area contributed by atoms with E-state index in [-0.39, 0.29) is 11.6 Å². The van der Waals surface area contributed by atoms with Crippen molar-refractivity contribution in [2.75, 3.05) is 26.3 Å². The molecule has 1 aromatic rings. The molecule has 17 heavy (non-hydrogen) atoms. The average Bonchev–Trinajstić information content (AvgIpc) is 2.68. The van der Waals surface area contributed by atoms with Crippen LogP contribution in [0.5, 0.6) is 0 Å². The number of halogens is 1. The third-order valence-electron chi connectivity index (χ3n) is 3.23. The van der Waals surface area contributed by atoms with Crippen LogP contribution in [-0.4, -0.2) is 36.7 Å². The molecule has 1 aliphatic heterocycles. The minimum atomic E-state index is -0.0123. The van der Waals surface area contributed by atoms with E-state index in [1.807, 2.05) is 12.1 Å². The normalized spacial score (nSPS) is 22.6. The summed E-state index contributed by atoms with van der Waals surface area (Å²) in [6.45, 7) is 7.25. The van der Waals surface area contributed by atoms with Gasteiger partial charge in [0.15, 0.2) is 4.67 Å². The van der Waals surface area contributed by atoms with Gasteiger partial charge in [0.05, 0.1) is 19.3 Å². The summed E-state index contributed by atoms with van der Waals surface area (Å²) in [7, 11) is 0. The van der Waals surface area contributed by atoms with Gasteiger partial charge >= 0.3 is 0 Å². The monoisotopic (exact) mass is 302 g/mol. The van der Waals surface area contributed by atoms with Crippen molar-refractivity contribution in [2.45, 2.75) is 25.4 Å². The van der Waals surface area contributed by atoms with E-state index in [1.54, 1.807) is 0 Å². The molecule has 1 unspecified atom stereocenters. The predicted molar refractivity (Wildman–Crippen MR) is 69.8 cm³/mol. The molecule has 96 valence electrons. The number of ether oxygens (including phenoxy) is 1. The molecular formula is C12H19BrN2O2. The zero-order valence-corrected chi connectivity index (χ0v) is 11.9. The van der Waals surface area contributed by atoms with Gasteiger partial charge in [0.25, 0.3) is 0 Å². The van der Waals surface area contributed by atoms with Crippen molar-refractivity contribution in [3.8, 4) is 0 Å². The van der Waals surface area contributed by atoms with E-state index >= 15 is 0 Å². The standard InChI is InChI=1S/C12H19BrN2O2/c1-12(2)8-16-6-5-15(12)9(7-14)10-3-4-11(13)17-10/h3-4,9H,5-8,14H2,1-2H3. The van der Waals surface area contributed by atoms with Crippen LogP contribution in [0.25, 0.3) is 0 Å². The van der Waals surface area contributed by atoms with Crippen LogP contribution in [0.3, 0.4) is 0 Å². The highest BCUT2D eigenvalue weighted by Crippen LogP contribution is 2.31. The summed E-state index contributed by atoms with van der Waals surface area (Å²) in [5.41, 5.74) is 5.90. The van der Waals surface area contributed by atoms with E-state index in [0.29, 0.717) is 6.54 Å². The third-order valence-corrected chi connectivity index (χ3v) is 3.66. The molecule has 0 amide bonds. The lowest BCUT2D eigenvalue weighted by molar-refractivity contribution is -0.0747. The highest BCUT2D eigenvalue weighted by atomic mass is 79.9. The number of morpholine rings is 1. The topological polar surface area (TPSA) is 51.6 Å². The third kappa shape index (κ3) is 2.73. The number of nitrogens with two attached hydrogens (primary N) is 1. The number of hydrogen-bond acceptors (Lipinski definition) is 4. The smallest absolute Gasteiger partial charge is 0.169 e. The minimum Gasteiger partial charge on any atom is -0.453 e.